The molecule has 0 saturated heterocycles. The Morgan fingerprint density at radius 1 is 1.06 bits per heavy atom. The summed E-state index contributed by atoms with van der Waals surface area (Å²) in [5, 5.41) is 10.0. The van der Waals surface area contributed by atoms with E-state index in [0.29, 0.717) is 11.0 Å². The van der Waals surface area contributed by atoms with Crippen molar-refractivity contribution in [3.05, 3.63) is 34.8 Å². The fourth-order valence-corrected chi connectivity index (χ4v) is 2.47. The second-order valence-electron chi connectivity index (χ2n) is 3.93. The summed E-state index contributed by atoms with van der Waals surface area (Å²) in [6, 6.07) is 9.47. The molecule has 0 fully saturated rings. The fourth-order valence-electron chi connectivity index (χ4n) is 1.85. The van der Waals surface area contributed by atoms with Crippen molar-refractivity contribution in [1.29, 1.82) is 0 Å². The van der Waals surface area contributed by atoms with Crippen LogP contribution in [0.1, 0.15) is 0 Å². The molecule has 0 unspecified atom stereocenters. The van der Waals surface area contributed by atoms with E-state index in [9.17, 15) is 5.11 Å². The van der Waals surface area contributed by atoms with E-state index in [4.69, 9.17) is 0 Å². The van der Waals surface area contributed by atoms with Gasteiger partial charge in [-0.1, -0.05) is 12.1 Å². The van der Waals surface area contributed by atoms with E-state index in [1.165, 1.54) is 0 Å². The molecule has 82 valence electrons. The van der Waals surface area contributed by atoms with Crippen LogP contribution >= 0.6 is 15.9 Å². The maximum atomic E-state index is 10.0. The average Bonchev–Trinajstić information content (AvgIpc) is 2.34. The number of aromatic nitrogens is 2. The number of halogens is 1. The molecule has 0 saturated carbocycles. The highest BCUT2D eigenvalue weighted by atomic mass is 79.9. The summed E-state index contributed by atoms with van der Waals surface area (Å²) in [5.74, 6) is 0.196. The maximum absolute atomic E-state index is 10.0. The SMILES string of the molecule is Bc1cc(Br)c2nc3ccccc3nc2c1O. The van der Waals surface area contributed by atoms with Crippen molar-refractivity contribution >= 4 is 51.3 Å². The monoisotopic (exact) mass is 286 g/mol. The molecule has 0 aliphatic heterocycles. The van der Waals surface area contributed by atoms with E-state index in [1.54, 1.807) is 0 Å². The zero-order valence-corrected chi connectivity index (χ0v) is 10.7. The number of benzene rings is 2. The molecule has 0 aliphatic rings. The van der Waals surface area contributed by atoms with Crippen LogP contribution in [-0.2, 0) is 0 Å². The zero-order valence-electron chi connectivity index (χ0n) is 9.11. The third-order valence-electron chi connectivity index (χ3n) is 2.74. The number of aromatic hydroxyl groups is 1. The Kier molecular flexibility index (Phi) is 2.29. The van der Waals surface area contributed by atoms with Gasteiger partial charge in [-0.2, -0.15) is 0 Å². The minimum atomic E-state index is 0.196. The lowest BCUT2D eigenvalue weighted by molar-refractivity contribution is 0.484. The normalized spacial score (nSPS) is 11.1. The lowest BCUT2D eigenvalue weighted by atomic mass is 9.94. The van der Waals surface area contributed by atoms with Gasteiger partial charge in [0, 0.05) is 4.47 Å². The first kappa shape index (κ1) is 10.5. The molecule has 1 aromatic heterocycles. The Labute approximate surface area is 107 Å². The minimum Gasteiger partial charge on any atom is -0.506 e. The second-order valence-corrected chi connectivity index (χ2v) is 4.79. The summed E-state index contributed by atoms with van der Waals surface area (Å²) < 4.78 is 0.848. The molecule has 0 radical (unpaired) electrons. The second kappa shape index (κ2) is 3.70. The van der Waals surface area contributed by atoms with E-state index < -0.39 is 0 Å². The average molecular weight is 287 g/mol. The van der Waals surface area contributed by atoms with Crippen LogP contribution in [0.15, 0.2) is 34.8 Å². The van der Waals surface area contributed by atoms with Gasteiger partial charge in [-0.3, -0.25) is 0 Å². The van der Waals surface area contributed by atoms with Crippen LogP contribution in [0, 0.1) is 0 Å². The van der Waals surface area contributed by atoms with Crippen molar-refractivity contribution in [2.45, 2.75) is 0 Å². The van der Waals surface area contributed by atoms with Crippen LogP contribution in [0.5, 0.6) is 5.75 Å². The van der Waals surface area contributed by atoms with E-state index in [0.717, 1.165) is 21.0 Å². The molecule has 0 bridgehead atoms. The molecule has 5 heteroatoms. The van der Waals surface area contributed by atoms with E-state index in [2.05, 4.69) is 25.9 Å². The van der Waals surface area contributed by atoms with Crippen LogP contribution in [0.2, 0.25) is 0 Å². The fraction of sp³-hybridized carbons (Fsp3) is 0. The molecule has 0 amide bonds. The van der Waals surface area contributed by atoms with E-state index >= 15 is 0 Å². The third kappa shape index (κ3) is 1.58. The van der Waals surface area contributed by atoms with Crippen LogP contribution < -0.4 is 5.46 Å². The Hall–Kier alpha value is -1.62. The predicted molar refractivity (Wildman–Crippen MR) is 74.6 cm³/mol. The van der Waals surface area contributed by atoms with Crippen LogP contribution in [0.4, 0.5) is 0 Å². The zero-order chi connectivity index (χ0) is 12.0. The van der Waals surface area contributed by atoms with Gasteiger partial charge >= 0.3 is 0 Å². The standard InChI is InChI=1S/C12H8BBrN2O/c13-6-5-7(14)10-11(12(6)17)16-9-4-2-1-3-8(9)15-10/h1-5,17H,13H2. The molecule has 0 spiro atoms. The number of phenolic OH excluding ortho intramolecular Hbond substituents is 1. The number of nitrogens with zero attached hydrogens (tertiary/aromatic N) is 2. The number of fused-ring (bicyclic) bond motifs is 2. The molecule has 2 aromatic carbocycles. The van der Waals surface area contributed by atoms with Crippen molar-refractivity contribution in [3.8, 4) is 5.75 Å². The molecule has 0 atom stereocenters. The predicted octanol–water partition coefficient (Wildman–Crippen LogP) is 1.51. The van der Waals surface area contributed by atoms with Gasteiger partial charge in [0.05, 0.1) is 11.0 Å². The van der Waals surface area contributed by atoms with Gasteiger partial charge in [-0.25, -0.2) is 9.97 Å². The smallest absolute Gasteiger partial charge is 0.144 e. The molecule has 3 nitrogen and oxygen atoms in total. The van der Waals surface area contributed by atoms with Crippen molar-refractivity contribution in [2.75, 3.05) is 0 Å². The van der Waals surface area contributed by atoms with Gasteiger partial charge < -0.3 is 5.11 Å². The molecule has 1 N–H and O–H groups in total. The first-order valence-corrected chi connectivity index (χ1v) is 6.00. The Balaban J connectivity index is 2.56. The molecule has 3 rings (SSSR count). The van der Waals surface area contributed by atoms with Gasteiger partial charge in [0.25, 0.3) is 0 Å². The van der Waals surface area contributed by atoms with Gasteiger partial charge in [-0.05, 0) is 39.6 Å². The minimum absolute atomic E-state index is 0.196. The van der Waals surface area contributed by atoms with Crippen molar-refractivity contribution in [1.82, 2.24) is 9.97 Å². The summed E-state index contributed by atoms with van der Waals surface area (Å²) in [6.07, 6.45) is 0. The number of phenols is 1. The highest BCUT2D eigenvalue weighted by Gasteiger charge is 2.11. The summed E-state index contributed by atoms with van der Waals surface area (Å²) in [5.41, 5.74) is 3.62. The number of para-hydroxylation sites is 2. The summed E-state index contributed by atoms with van der Waals surface area (Å²) >= 11 is 3.45. The molecule has 1 heterocycles. The lowest BCUT2D eigenvalue weighted by Gasteiger charge is -2.07. The number of hydrogen-bond donors (Lipinski definition) is 1. The third-order valence-corrected chi connectivity index (χ3v) is 3.34. The van der Waals surface area contributed by atoms with E-state index in [1.807, 2.05) is 38.2 Å². The molecular weight excluding hydrogens is 279 g/mol. The molecule has 3 aromatic rings. The quantitative estimate of drug-likeness (QED) is 0.503. The molecule has 0 aliphatic carbocycles. The lowest BCUT2D eigenvalue weighted by Crippen LogP contribution is -2.05. The Morgan fingerprint density at radius 3 is 2.29 bits per heavy atom. The van der Waals surface area contributed by atoms with Gasteiger partial charge in [0.2, 0.25) is 0 Å². The Bertz CT molecular complexity index is 745. The van der Waals surface area contributed by atoms with Crippen LogP contribution in [0.3, 0.4) is 0 Å². The maximum Gasteiger partial charge on any atom is 0.144 e. The molecular formula is C12H8BBrN2O. The van der Waals surface area contributed by atoms with Crippen molar-refractivity contribution in [3.63, 3.8) is 0 Å². The largest absolute Gasteiger partial charge is 0.506 e. The number of hydrogen-bond acceptors (Lipinski definition) is 3. The van der Waals surface area contributed by atoms with Gasteiger partial charge in [0.15, 0.2) is 0 Å². The van der Waals surface area contributed by atoms with E-state index in [-0.39, 0.29) is 5.75 Å². The highest BCUT2D eigenvalue weighted by Crippen LogP contribution is 2.27. The first-order chi connectivity index (χ1) is 8.16. The van der Waals surface area contributed by atoms with Gasteiger partial charge in [-0.15, -0.1) is 0 Å². The highest BCUT2D eigenvalue weighted by molar-refractivity contribution is 9.10. The Morgan fingerprint density at radius 2 is 1.65 bits per heavy atom. The summed E-state index contributed by atoms with van der Waals surface area (Å²) in [6.45, 7) is 0. The van der Waals surface area contributed by atoms with Crippen LogP contribution in [0.25, 0.3) is 22.1 Å². The van der Waals surface area contributed by atoms with Crippen LogP contribution in [-0.4, -0.2) is 22.9 Å². The summed E-state index contributed by atoms with van der Waals surface area (Å²) in [7, 11) is 1.84. The van der Waals surface area contributed by atoms with Crippen molar-refractivity contribution < 1.29 is 5.11 Å². The topological polar surface area (TPSA) is 46.0 Å². The first-order valence-electron chi connectivity index (χ1n) is 5.21. The summed E-state index contributed by atoms with van der Waals surface area (Å²) in [4.78, 5) is 8.97. The number of rotatable bonds is 0. The van der Waals surface area contributed by atoms with Gasteiger partial charge in [0.1, 0.15) is 24.6 Å². The molecule has 17 heavy (non-hydrogen) atoms. The van der Waals surface area contributed by atoms with Crippen molar-refractivity contribution in [2.24, 2.45) is 0 Å².